The van der Waals surface area contributed by atoms with Gasteiger partial charge in [-0.05, 0) is 6.92 Å². The Kier molecular flexibility index (Phi) is 3.88. The van der Waals surface area contributed by atoms with Crippen LogP contribution in [-0.2, 0) is 19.1 Å². The molecule has 2 aliphatic heterocycles. The first-order valence-electron chi connectivity index (χ1n) is 6.39. The second-order valence-corrected chi connectivity index (χ2v) is 5.16. The molecule has 2 rings (SSSR count). The minimum absolute atomic E-state index is 0.0997. The molecule has 0 bridgehead atoms. The Balaban J connectivity index is 1.80. The van der Waals surface area contributed by atoms with Gasteiger partial charge in [-0.2, -0.15) is 0 Å². The molecule has 2 fully saturated rings. The summed E-state index contributed by atoms with van der Waals surface area (Å²) in [7, 11) is 0. The van der Waals surface area contributed by atoms with Gasteiger partial charge in [0.15, 0.2) is 0 Å². The molecule has 0 aromatic rings. The topological polar surface area (TPSA) is 52.6 Å². The van der Waals surface area contributed by atoms with Gasteiger partial charge in [0.25, 0.3) is 0 Å². The standard InChI is InChI=1S/C15H18O4/c1-9(6-13-8-11(3)15(17)19-13)4-5-12-7-10(2)14(16)18-12/h4,12-13H,2-3,5-8H2,1H3/b9-4+. The normalized spacial score (nSPS) is 27.7. The summed E-state index contributed by atoms with van der Waals surface area (Å²) in [4.78, 5) is 22.4. The van der Waals surface area contributed by atoms with Crippen molar-refractivity contribution in [2.75, 3.05) is 0 Å². The summed E-state index contributed by atoms with van der Waals surface area (Å²) in [5.74, 6) is -0.587. The Morgan fingerprint density at radius 2 is 1.68 bits per heavy atom. The molecular formula is C15H18O4. The average molecular weight is 262 g/mol. The minimum Gasteiger partial charge on any atom is -0.458 e. The quantitative estimate of drug-likeness (QED) is 0.443. The molecule has 0 aromatic heterocycles. The largest absolute Gasteiger partial charge is 0.458 e. The highest BCUT2D eigenvalue weighted by Crippen LogP contribution is 2.25. The molecule has 0 radical (unpaired) electrons. The third kappa shape index (κ3) is 3.34. The third-order valence-electron chi connectivity index (χ3n) is 3.35. The summed E-state index contributed by atoms with van der Waals surface area (Å²) in [6.45, 7) is 9.29. The van der Waals surface area contributed by atoms with E-state index in [1.54, 1.807) is 0 Å². The average Bonchev–Trinajstić information content (AvgIpc) is 2.81. The van der Waals surface area contributed by atoms with E-state index in [1.807, 2.05) is 13.0 Å². The zero-order valence-corrected chi connectivity index (χ0v) is 11.1. The summed E-state index contributed by atoms with van der Waals surface area (Å²) in [6.07, 6.45) is 4.40. The number of carbonyl (C=O) groups excluding carboxylic acids is 2. The van der Waals surface area contributed by atoms with Gasteiger partial charge in [0, 0.05) is 36.8 Å². The molecule has 0 amide bonds. The molecule has 4 nitrogen and oxygen atoms in total. The number of hydrogen-bond acceptors (Lipinski definition) is 4. The summed E-state index contributed by atoms with van der Waals surface area (Å²) in [6, 6.07) is 0. The molecular weight excluding hydrogens is 244 g/mol. The van der Waals surface area contributed by atoms with Crippen LogP contribution in [0, 0.1) is 0 Å². The van der Waals surface area contributed by atoms with Crippen molar-refractivity contribution in [2.24, 2.45) is 0 Å². The molecule has 102 valence electrons. The van der Waals surface area contributed by atoms with Gasteiger partial charge in [-0.1, -0.05) is 24.8 Å². The number of ether oxygens (including phenoxy) is 2. The molecule has 2 atom stereocenters. The van der Waals surface area contributed by atoms with Gasteiger partial charge in [0.1, 0.15) is 12.2 Å². The second kappa shape index (κ2) is 5.43. The van der Waals surface area contributed by atoms with E-state index in [1.165, 1.54) is 0 Å². The van der Waals surface area contributed by atoms with Gasteiger partial charge >= 0.3 is 11.9 Å². The molecule has 4 heteroatoms. The van der Waals surface area contributed by atoms with Crippen molar-refractivity contribution >= 4 is 11.9 Å². The molecule has 2 aliphatic rings. The van der Waals surface area contributed by atoms with Gasteiger partial charge in [-0.3, -0.25) is 0 Å². The van der Waals surface area contributed by atoms with Crippen LogP contribution in [0.1, 0.15) is 32.6 Å². The molecule has 0 spiro atoms. The lowest BCUT2D eigenvalue weighted by atomic mass is 10.0. The zero-order valence-electron chi connectivity index (χ0n) is 11.1. The molecule has 2 heterocycles. The van der Waals surface area contributed by atoms with Crippen LogP contribution in [0.15, 0.2) is 36.0 Å². The summed E-state index contributed by atoms with van der Waals surface area (Å²) in [5, 5.41) is 0. The van der Waals surface area contributed by atoms with Crippen molar-refractivity contribution in [2.45, 2.75) is 44.8 Å². The maximum absolute atomic E-state index is 11.2. The van der Waals surface area contributed by atoms with Gasteiger partial charge in [-0.25, -0.2) is 9.59 Å². The van der Waals surface area contributed by atoms with Crippen molar-refractivity contribution in [3.05, 3.63) is 36.0 Å². The minimum atomic E-state index is -0.294. The number of rotatable bonds is 4. The van der Waals surface area contributed by atoms with Gasteiger partial charge in [-0.15, -0.1) is 0 Å². The predicted molar refractivity (Wildman–Crippen MR) is 70.3 cm³/mol. The maximum Gasteiger partial charge on any atom is 0.333 e. The Morgan fingerprint density at radius 1 is 1.16 bits per heavy atom. The SMILES string of the molecule is C=C1CC(C/C=C(\C)CC2CC(=C)C(=O)O2)OC1=O. The molecule has 0 aliphatic carbocycles. The van der Waals surface area contributed by atoms with Crippen LogP contribution in [0.25, 0.3) is 0 Å². The van der Waals surface area contributed by atoms with E-state index in [0.717, 1.165) is 5.57 Å². The van der Waals surface area contributed by atoms with Gasteiger partial charge in [0.2, 0.25) is 0 Å². The van der Waals surface area contributed by atoms with E-state index < -0.39 is 0 Å². The molecule has 0 saturated carbocycles. The predicted octanol–water partition coefficient (Wildman–Crippen LogP) is 2.46. The third-order valence-corrected chi connectivity index (χ3v) is 3.35. The maximum atomic E-state index is 11.2. The fourth-order valence-corrected chi connectivity index (χ4v) is 2.29. The van der Waals surface area contributed by atoms with Crippen LogP contribution in [0.3, 0.4) is 0 Å². The van der Waals surface area contributed by atoms with Crippen molar-refractivity contribution in [3.8, 4) is 0 Å². The number of cyclic esters (lactones) is 2. The first kappa shape index (κ1) is 13.6. The van der Waals surface area contributed by atoms with Gasteiger partial charge < -0.3 is 9.47 Å². The van der Waals surface area contributed by atoms with Crippen LogP contribution in [0.4, 0.5) is 0 Å². The Labute approximate surface area is 112 Å². The first-order chi connectivity index (χ1) is 8.95. The number of carbonyl (C=O) groups is 2. The van der Waals surface area contributed by atoms with Crippen LogP contribution in [0.2, 0.25) is 0 Å². The van der Waals surface area contributed by atoms with Crippen molar-refractivity contribution < 1.29 is 19.1 Å². The van der Waals surface area contributed by atoms with E-state index >= 15 is 0 Å². The molecule has 0 aromatic carbocycles. The number of hydrogen-bond donors (Lipinski definition) is 0. The lowest BCUT2D eigenvalue weighted by Gasteiger charge is -2.10. The Hall–Kier alpha value is -1.84. The van der Waals surface area contributed by atoms with Crippen molar-refractivity contribution in [1.82, 2.24) is 0 Å². The highest BCUT2D eigenvalue weighted by Gasteiger charge is 2.28. The Morgan fingerprint density at radius 3 is 2.16 bits per heavy atom. The van der Waals surface area contributed by atoms with Crippen LogP contribution < -0.4 is 0 Å². The van der Waals surface area contributed by atoms with E-state index in [-0.39, 0.29) is 24.1 Å². The van der Waals surface area contributed by atoms with E-state index in [0.29, 0.717) is 36.8 Å². The highest BCUT2D eigenvalue weighted by atomic mass is 16.6. The van der Waals surface area contributed by atoms with E-state index in [4.69, 9.17) is 9.47 Å². The molecule has 2 unspecified atom stereocenters. The summed E-state index contributed by atoms with van der Waals surface area (Å²) >= 11 is 0. The van der Waals surface area contributed by atoms with Crippen molar-refractivity contribution in [1.29, 1.82) is 0 Å². The fraction of sp³-hybridized carbons (Fsp3) is 0.467. The lowest BCUT2D eigenvalue weighted by molar-refractivity contribution is -0.139. The summed E-state index contributed by atoms with van der Waals surface area (Å²) < 4.78 is 10.3. The Bertz CT molecular complexity index is 441. The summed E-state index contributed by atoms with van der Waals surface area (Å²) in [5.41, 5.74) is 2.21. The zero-order chi connectivity index (χ0) is 14.0. The number of esters is 2. The molecule has 0 N–H and O–H groups in total. The first-order valence-corrected chi connectivity index (χ1v) is 6.39. The van der Waals surface area contributed by atoms with E-state index in [2.05, 4.69) is 13.2 Å². The van der Waals surface area contributed by atoms with Crippen LogP contribution in [-0.4, -0.2) is 24.1 Å². The second-order valence-electron chi connectivity index (χ2n) is 5.16. The highest BCUT2D eigenvalue weighted by molar-refractivity contribution is 5.90. The molecule has 19 heavy (non-hydrogen) atoms. The van der Waals surface area contributed by atoms with Gasteiger partial charge in [0.05, 0.1) is 0 Å². The molecule has 2 saturated heterocycles. The lowest BCUT2D eigenvalue weighted by Crippen LogP contribution is -2.08. The monoisotopic (exact) mass is 262 g/mol. The van der Waals surface area contributed by atoms with Crippen LogP contribution in [0.5, 0.6) is 0 Å². The smallest absolute Gasteiger partial charge is 0.333 e. The van der Waals surface area contributed by atoms with Crippen LogP contribution >= 0.6 is 0 Å². The fourth-order valence-electron chi connectivity index (χ4n) is 2.29. The van der Waals surface area contributed by atoms with Crippen molar-refractivity contribution in [3.63, 3.8) is 0 Å². The van der Waals surface area contributed by atoms with E-state index in [9.17, 15) is 9.59 Å².